The number of carboxylic acids is 1. The van der Waals surface area contributed by atoms with E-state index in [1.165, 1.54) is 4.90 Å². The van der Waals surface area contributed by atoms with Crippen LogP contribution in [0.25, 0.3) is 10.2 Å². The molecular formula is C16H18N2O4S. The summed E-state index contributed by atoms with van der Waals surface area (Å²) in [4.78, 5) is 29.4. The van der Waals surface area contributed by atoms with Gasteiger partial charge in [0.15, 0.2) is 6.04 Å². The van der Waals surface area contributed by atoms with Gasteiger partial charge in [-0.3, -0.25) is 4.79 Å². The molecule has 0 bridgehead atoms. The maximum absolute atomic E-state index is 12.3. The molecule has 23 heavy (non-hydrogen) atoms. The maximum Gasteiger partial charge on any atom is 0.328 e. The first-order valence-electron chi connectivity index (χ1n) is 7.59. The number of carbonyl (C=O) groups excluding carboxylic acids is 1. The summed E-state index contributed by atoms with van der Waals surface area (Å²) in [5, 5.41) is 10.2. The van der Waals surface area contributed by atoms with Crippen molar-refractivity contribution in [3.63, 3.8) is 0 Å². The van der Waals surface area contributed by atoms with Gasteiger partial charge in [-0.2, -0.15) is 0 Å². The molecule has 6 nitrogen and oxygen atoms in total. The van der Waals surface area contributed by atoms with Crippen LogP contribution in [0.2, 0.25) is 0 Å². The number of carboxylic acid groups (broad SMARTS) is 1. The highest BCUT2D eigenvalue weighted by Crippen LogP contribution is 2.23. The molecule has 1 saturated heterocycles. The van der Waals surface area contributed by atoms with Gasteiger partial charge in [0.05, 0.1) is 28.4 Å². The topological polar surface area (TPSA) is 79.7 Å². The van der Waals surface area contributed by atoms with E-state index in [0.717, 1.165) is 21.6 Å². The molecule has 1 amide bonds. The lowest BCUT2D eigenvalue weighted by atomic mass is 10.1. The van der Waals surface area contributed by atoms with Gasteiger partial charge in [-0.1, -0.05) is 12.1 Å². The summed E-state index contributed by atoms with van der Waals surface area (Å²) in [7, 11) is 0. The van der Waals surface area contributed by atoms with E-state index >= 15 is 0 Å². The van der Waals surface area contributed by atoms with E-state index in [0.29, 0.717) is 26.0 Å². The van der Waals surface area contributed by atoms with Gasteiger partial charge in [0.25, 0.3) is 0 Å². The number of ether oxygens (including phenoxy) is 1. The molecule has 122 valence electrons. The predicted molar refractivity (Wildman–Crippen MR) is 86.5 cm³/mol. The molecule has 0 saturated carbocycles. The van der Waals surface area contributed by atoms with Crippen molar-refractivity contribution in [3.05, 3.63) is 29.3 Å². The van der Waals surface area contributed by atoms with E-state index in [1.807, 2.05) is 24.3 Å². The van der Waals surface area contributed by atoms with E-state index in [2.05, 4.69) is 4.98 Å². The first-order valence-corrected chi connectivity index (χ1v) is 8.41. The molecule has 0 spiro atoms. The molecule has 1 aliphatic heterocycles. The normalized spacial score (nSPS) is 18.3. The van der Waals surface area contributed by atoms with Gasteiger partial charge >= 0.3 is 5.97 Å². The quantitative estimate of drug-likeness (QED) is 0.904. The number of rotatable bonds is 5. The number of benzene rings is 1. The van der Waals surface area contributed by atoms with Crippen molar-refractivity contribution in [1.29, 1.82) is 0 Å². The number of nitrogens with zero attached hydrogens (tertiary/aromatic N) is 2. The second-order valence-corrected chi connectivity index (χ2v) is 6.56. The summed E-state index contributed by atoms with van der Waals surface area (Å²) in [5.74, 6) is -1.13. The van der Waals surface area contributed by atoms with Gasteiger partial charge in [-0.05, 0) is 25.0 Å². The summed E-state index contributed by atoms with van der Waals surface area (Å²) in [5.41, 5.74) is 0.984. The Balaban J connectivity index is 1.55. The van der Waals surface area contributed by atoms with Crippen molar-refractivity contribution in [3.8, 4) is 0 Å². The fourth-order valence-corrected chi connectivity index (χ4v) is 3.68. The lowest BCUT2D eigenvalue weighted by molar-refractivity contribution is -0.158. The average Bonchev–Trinajstić information content (AvgIpc) is 2.97. The zero-order valence-electron chi connectivity index (χ0n) is 12.6. The van der Waals surface area contributed by atoms with E-state index in [-0.39, 0.29) is 12.5 Å². The second kappa shape index (κ2) is 7.06. The average molecular weight is 334 g/mol. The van der Waals surface area contributed by atoms with Crippen LogP contribution in [0.15, 0.2) is 24.3 Å². The van der Waals surface area contributed by atoms with Crippen molar-refractivity contribution in [2.75, 3.05) is 19.8 Å². The fraction of sp³-hybridized carbons (Fsp3) is 0.438. The summed E-state index contributed by atoms with van der Waals surface area (Å²) >= 11 is 1.64. The lowest BCUT2D eigenvalue weighted by Crippen LogP contribution is -2.52. The number of fused-ring (bicyclic) bond motifs is 1. The molecule has 0 aliphatic carbocycles. The highest BCUT2D eigenvalue weighted by Gasteiger charge is 2.32. The third-order valence-corrected chi connectivity index (χ3v) is 4.95. The number of amides is 1. The predicted octanol–water partition coefficient (Wildman–Crippen LogP) is 1.93. The molecule has 7 heteroatoms. The van der Waals surface area contributed by atoms with Crippen LogP contribution in [0.5, 0.6) is 0 Å². The fourth-order valence-electron chi connectivity index (χ4n) is 2.67. The zero-order chi connectivity index (χ0) is 16.2. The Morgan fingerprint density at radius 1 is 1.39 bits per heavy atom. The minimum Gasteiger partial charge on any atom is -0.480 e. The van der Waals surface area contributed by atoms with Crippen LogP contribution in [0.4, 0.5) is 0 Å². The highest BCUT2D eigenvalue weighted by molar-refractivity contribution is 7.18. The Hall–Kier alpha value is -1.99. The third-order valence-electron chi connectivity index (χ3n) is 3.85. The van der Waals surface area contributed by atoms with Crippen molar-refractivity contribution >= 4 is 33.4 Å². The Morgan fingerprint density at radius 3 is 3.00 bits per heavy atom. The van der Waals surface area contributed by atoms with Crippen molar-refractivity contribution in [1.82, 2.24) is 9.88 Å². The number of morpholine rings is 1. The molecule has 0 radical (unpaired) electrons. The lowest BCUT2D eigenvalue weighted by Gasteiger charge is -2.32. The summed E-state index contributed by atoms with van der Waals surface area (Å²) in [6.45, 7) is 0.809. The van der Waals surface area contributed by atoms with Gasteiger partial charge < -0.3 is 14.7 Å². The van der Waals surface area contributed by atoms with Gasteiger partial charge in [0, 0.05) is 13.0 Å². The van der Waals surface area contributed by atoms with Gasteiger partial charge in [0.2, 0.25) is 5.91 Å². The SMILES string of the molecule is O=C(O)[C@@H]1COCCN1C(=O)CCCc1nc2ccccc2s1. The molecule has 1 aromatic carbocycles. The standard InChI is InChI=1S/C16H18N2O4S/c19-15(18-8-9-22-10-12(18)16(20)21)7-3-6-14-17-11-4-1-2-5-13(11)23-14/h1-2,4-5,12H,3,6-10H2,(H,20,21)/t12-/m0/s1. The number of thiazole rings is 1. The minimum absolute atomic E-state index is 0.0684. The summed E-state index contributed by atoms with van der Waals surface area (Å²) < 4.78 is 6.29. The number of hydrogen-bond donors (Lipinski definition) is 1. The van der Waals surface area contributed by atoms with Crippen LogP contribution < -0.4 is 0 Å². The van der Waals surface area contributed by atoms with Gasteiger partial charge in [0.1, 0.15) is 0 Å². The second-order valence-electron chi connectivity index (χ2n) is 5.44. The first kappa shape index (κ1) is 15.9. The highest BCUT2D eigenvalue weighted by atomic mass is 32.1. The number of aliphatic carboxylic acids is 1. The third kappa shape index (κ3) is 3.68. The molecule has 1 aromatic heterocycles. The number of aryl methyl sites for hydroxylation is 1. The molecule has 2 aromatic rings. The summed E-state index contributed by atoms with van der Waals surface area (Å²) in [6, 6.07) is 7.09. The van der Waals surface area contributed by atoms with E-state index in [9.17, 15) is 9.59 Å². The van der Waals surface area contributed by atoms with Gasteiger partial charge in [-0.15, -0.1) is 11.3 Å². The molecule has 1 fully saturated rings. The van der Waals surface area contributed by atoms with E-state index in [1.54, 1.807) is 11.3 Å². The summed E-state index contributed by atoms with van der Waals surface area (Å²) in [6.07, 6.45) is 1.73. The number of carbonyl (C=O) groups is 2. The van der Waals surface area contributed by atoms with Crippen LogP contribution in [0.3, 0.4) is 0 Å². The molecular weight excluding hydrogens is 316 g/mol. The molecule has 3 rings (SSSR count). The molecule has 0 unspecified atom stereocenters. The van der Waals surface area contributed by atoms with E-state index < -0.39 is 12.0 Å². The smallest absolute Gasteiger partial charge is 0.328 e. The molecule has 1 N–H and O–H groups in total. The number of para-hydroxylation sites is 1. The van der Waals surface area contributed by atoms with Crippen molar-refractivity contribution in [2.45, 2.75) is 25.3 Å². The van der Waals surface area contributed by atoms with Crippen LogP contribution in [-0.4, -0.2) is 52.7 Å². The Labute approximate surface area is 137 Å². The number of hydrogen-bond acceptors (Lipinski definition) is 5. The molecule has 1 aliphatic rings. The van der Waals surface area contributed by atoms with Crippen LogP contribution in [0.1, 0.15) is 17.8 Å². The van der Waals surface area contributed by atoms with Crippen LogP contribution in [-0.2, 0) is 20.7 Å². The minimum atomic E-state index is -1.01. The zero-order valence-corrected chi connectivity index (χ0v) is 13.4. The Bertz CT molecular complexity index is 682. The maximum atomic E-state index is 12.3. The van der Waals surface area contributed by atoms with Crippen LogP contribution >= 0.6 is 11.3 Å². The van der Waals surface area contributed by atoms with E-state index in [4.69, 9.17) is 9.84 Å². The molecule has 1 atom stereocenters. The van der Waals surface area contributed by atoms with Gasteiger partial charge in [-0.25, -0.2) is 9.78 Å². The first-order chi connectivity index (χ1) is 11.1. The Morgan fingerprint density at radius 2 is 2.22 bits per heavy atom. The Kier molecular flexibility index (Phi) is 4.88. The van der Waals surface area contributed by atoms with Crippen LogP contribution in [0, 0.1) is 0 Å². The van der Waals surface area contributed by atoms with Crippen molar-refractivity contribution < 1.29 is 19.4 Å². The molecule has 2 heterocycles. The van der Waals surface area contributed by atoms with Crippen molar-refractivity contribution in [2.24, 2.45) is 0 Å². The monoisotopic (exact) mass is 334 g/mol. The number of aromatic nitrogens is 1. The largest absolute Gasteiger partial charge is 0.480 e.